The van der Waals surface area contributed by atoms with Crippen molar-refractivity contribution in [2.24, 2.45) is 0 Å². The van der Waals surface area contributed by atoms with E-state index in [0.717, 1.165) is 10.6 Å². The summed E-state index contributed by atoms with van der Waals surface area (Å²) in [6, 6.07) is 8.14. The summed E-state index contributed by atoms with van der Waals surface area (Å²) in [5.74, 6) is 0.0794. The molecule has 0 radical (unpaired) electrons. The topological polar surface area (TPSA) is 41.1 Å². The summed E-state index contributed by atoms with van der Waals surface area (Å²) in [7, 11) is 0. The molecule has 2 N–H and O–H groups in total. The average molecular weight is 269 g/mol. The van der Waals surface area contributed by atoms with E-state index >= 15 is 0 Å². The number of carbonyl (C=O) groups is 1. The second kappa shape index (κ2) is 7.39. The third-order valence-electron chi connectivity index (χ3n) is 2.60. The van der Waals surface area contributed by atoms with Crippen molar-refractivity contribution in [2.75, 3.05) is 6.54 Å². The van der Waals surface area contributed by atoms with Crippen LogP contribution in [0.15, 0.2) is 24.3 Å². The molecule has 0 saturated heterocycles. The fourth-order valence-electron chi connectivity index (χ4n) is 1.69. The summed E-state index contributed by atoms with van der Waals surface area (Å²) < 4.78 is 0. The largest absolute Gasteiger partial charge is 0.354 e. The first-order chi connectivity index (χ1) is 8.49. The number of carbonyl (C=O) groups excluding carboxylic acids is 1. The van der Waals surface area contributed by atoms with E-state index in [0.29, 0.717) is 13.0 Å². The van der Waals surface area contributed by atoms with Crippen LogP contribution in [-0.2, 0) is 4.79 Å². The molecule has 1 atom stereocenters. The second-order valence-electron chi connectivity index (χ2n) is 4.70. The van der Waals surface area contributed by atoms with Crippen LogP contribution in [0, 0.1) is 0 Å². The van der Waals surface area contributed by atoms with Crippen LogP contribution in [0.3, 0.4) is 0 Å². The summed E-state index contributed by atoms with van der Waals surface area (Å²) in [6.45, 7) is 6.64. The number of amides is 1. The van der Waals surface area contributed by atoms with Gasteiger partial charge >= 0.3 is 0 Å². The van der Waals surface area contributed by atoms with Crippen LogP contribution in [-0.4, -0.2) is 18.5 Å². The molecule has 100 valence electrons. The molecule has 1 amide bonds. The molecule has 0 heterocycles. The Morgan fingerprint density at radius 3 is 2.67 bits per heavy atom. The van der Waals surface area contributed by atoms with Crippen LogP contribution < -0.4 is 10.6 Å². The van der Waals surface area contributed by atoms with Gasteiger partial charge in [0.2, 0.25) is 5.91 Å². The molecule has 18 heavy (non-hydrogen) atoms. The fourth-order valence-corrected chi connectivity index (χ4v) is 1.89. The summed E-state index contributed by atoms with van der Waals surface area (Å²) in [5, 5.41) is 6.91. The van der Waals surface area contributed by atoms with E-state index in [1.165, 1.54) is 0 Å². The van der Waals surface area contributed by atoms with Crippen molar-refractivity contribution in [3.8, 4) is 0 Å². The molecule has 0 saturated carbocycles. The van der Waals surface area contributed by atoms with E-state index in [4.69, 9.17) is 11.6 Å². The number of hydrogen-bond donors (Lipinski definition) is 2. The monoisotopic (exact) mass is 268 g/mol. The van der Waals surface area contributed by atoms with Crippen LogP contribution in [0.2, 0.25) is 5.02 Å². The van der Waals surface area contributed by atoms with Gasteiger partial charge in [0.05, 0.1) is 0 Å². The zero-order chi connectivity index (χ0) is 13.5. The Labute approximate surface area is 114 Å². The lowest BCUT2D eigenvalue weighted by atomic mass is 10.1. The second-order valence-corrected chi connectivity index (χ2v) is 5.14. The van der Waals surface area contributed by atoms with Crippen molar-refractivity contribution in [1.82, 2.24) is 10.6 Å². The summed E-state index contributed by atoms with van der Waals surface area (Å²) in [5.41, 5.74) is 1.13. The highest BCUT2D eigenvalue weighted by Gasteiger charge is 2.07. The van der Waals surface area contributed by atoms with Crippen LogP contribution >= 0.6 is 11.6 Å². The smallest absolute Gasteiger partial charge is 0.221 e. The van der Waals surface area contributed by atoms with Crippen molar-refractivity contribution in [1.29, 1.82) is 0 Å². The highest BCUT2D eigenvalue weighted by atomic mass is 35.5. The van der Waals surface area contributed by atoms with Gasteiger partial charge in [-0.1, -0.05) is 23.7 Å². The maximum absolute atomic E-state index is 11.5. The minimum Gasteiger partial charge on any atom is -0.354 e. The highest BCUT2D eigenvalue weighted by Crippen LogP contribution is 2.16. The van der Waals surface area contributed by atoms with Crippen LogP contribution in [0.5, 0.6) is 0 Å². The van der Waals surface area contributed by atoms with Gasteiger partial charge in [-0.25, -0.2) is 0 Å². The minimum atomic E-state index is 0.0794. The highest BCUT2D eigenvalue weighted by molar-refractivity contribution is 6.30. The molecular weight excluding hydrogens is 248 g/mol. The van der Waals surface area contributed by atoms with Gasteiger partial charge in [-0.05, 0) is 38.5 Å². The van der Waals surface area contributed by atoms with Crippen molar-refractivity contribution < 1.29 is 4.79 Å². The Hall–Kier alpha value is -1.06. The zero-order valence-electron chi connectivity index (χ0n) is 11.2. The fraction of sp³-hybridized carbons (Fsp3) is 0.500. The number of nitrogens with one attached hydrogen (secondary N) is 2. The van der Waals surface area contributed by atoms with Gasteiger partial charge in [-0.15, -0.1) is 0 Å². The molecule has 0 bridgehead atoms. The van der Waals surface area contributed by atoms with E-state index in [2.05, 4.69) is 17.6 Å². The van der Waals surface area contributed by atoms with Gasteiger partial charge in [-0.3, -0.25) is 4.79 Å². The van der Waals surface area contributed by atoms with Crippen molar-refractivity contribution in [2.45, 2.75) is 39.3 Å². The maximum atomic E-state index is 11.5. The Morgan fingerprint density at radius 2 is 2.06 bits per heavy atom. The standard InChI is InChI=1S/C14H21ClN2O/c1-10(2)17-14(18)7-8-16-11(3)12-5-4-6-13(15)9-12/h4-6,9-11,16H,7-8H2,1-3H3,(H,17,18). The number of halogens is 1. The molecule has 0 spiro atoms. The molecule has 0 fully saturated rings. The van der Waals surface area contributed by atoms with Crippen molar-refractivity contribution >= 4 is 17.5 Å². The quantitative estimate of drug-likeness (QED) is 0.833. The van der Waals surface area contributed by atoms with Crippen molar-refractivity contribution in [3.05, 3.63) is 34.9 Å². The molecule has 1 aromatic rings. The van der Waals surface area contributed by atoms with Gasteiger partial charge in [0, 0.05) is 30.1 Å². The molecule has 4 heteroatoms. The molecule has 0 aromatic heterocycles. The van der Waals surface area contributed by atoms with Gasteiger partial charge in [-0.2, -0.15) is 0 Å². The van der Waals surface area contributed by atoms with Gasteiger partial charge in [0.25, 0.3) is 0 Å². The number of benzene rings is 1. The molecule has 1 rings (SSSR count). The molecule has 1 aromatic carbocycles. The van der Waals surface area contributed by atoms with E-state index in [9.17, 15) is 4.79 Å². The molecule has 3 nitrogen and oxygen atoms in total. The van der Waals surface area contributed by atoms with Crippen LogP contribution in [0.1, 0.15) is 38.8 Å². The van der Waals surface area contributed by atoms with E-state index in [-0.39, 0.29) is 18.0 Å². The molecule has 0 aliphatic rings. The van der Waals surface area contributed by atoms with Gasteiger partial charge < -0.3 is 10.6 Å². The van der Waals surface area contributed by atoms with E-state index in [1.54, 1.807) is 0 Å². The van der Waals surface area contributed by atoms with Gasteiger partial charge in [0.1, 0.15) is 0 Å². The number of rotatable bonds is 6. The maximum Gasteiger partial charge on any atom is 0.221 e. The first-order valence-corrected chi connectivity index (χ1v) is 6.65. The third kappa shape index (κ3) is 5.52. The summed E-state index contributed by atoms with van der Waals surface area (Å²) in [6.07, 6.45) is 0.489. The SMILES string of the molecule is CC(C)NC(=O)CCNC(C)c1cccc(Cl)c1. The predicted molar refractivity (Wildman–Crippen MR) is 75.8 cm³/mol. The Balaban J connectivity index is 2.33. The lowest BCUT2D eigenvalue weighted by Crippen LogP contribution is -2.33. The van der Waals surface area contributed by atoms with E-state index < -0.39 is 0 Å². The van der Waals surface area contributed by atoms with Crippen LogP contribution in [0.25, 0.3) is 0 Å². The van der Waals surface area contributed by atoms with Gasteiger partial charge in [0.15, 0.2) is 0 Å². The molecule has 0 aliphatic carbocycles. The van der Waals surface area contributed by atoms with E-state index in [1.807, 2.05) is 38.1 Å². The summed E-state index contributed by atoms with van der Waals surface area (Å²) >= 11 is 5.94. The zero-order valence-corrected chi connectivity index (χ0v) is 11.9. The molecule has 1 unspecified atom stereocenters. The minimum absolute atomic E-state index is 0.0794. The van der Waals surface area contributed by atoms with Crippen LogP contribution in [0.4, 0.5) is 0 Å². The number of hydrogen-bond acceptors (Lipinski definition) is 2. The lowest BCUT2D eigenvalue weighted by molar-refractivity contribution is -0.121. The Morgan fingerprint density at radius 1 is 1.33 bits per heavy atom. The normalized spacial score (nSPS) is 12.5. The van der Waals surface area contributed by atoms with Crippen molar-refractivity contribution in [3.63, 3.8) is 0 Å². The lowest BCUT2D eigenvalue weighted by Gasteiger charge is -2.15. The third-order valence-corrected chi connectivity index (χ3v) is 2.84. The first kappa shape index (κ1) is 15.0. The summed E-state index contributed by atoms with van der Waals surface area (Å²) in [4.78, 5) is 11.5. The first-order valence-electron chi connectivity index (χ1n) is 6.27. The average Bonchev–Trinajstić information content (AvgIpc) is 2.27. The molecular formula is C14H21ClN2O. The Kier molecular flexibility index (Phi) is 6.16. The molecule has 0 aliphatic heterocycles. The predicted octanol–water partition coefficient (Wildman–Crippen LogP) is 2.91. The Bertz CT molecular complexity index is 393.